The van der Waals surface area contributed by atoms with Gasteiger partial charge in [-0.2, -0.15) is 0 Å². The van der Waals surface area contributed by atoms with Crippen LogP contribution in [0.5, 0.6) is 11.5 Å². The van der Waals surface area contributed by atoms with Crippen LogP contribution in [0.1, 0.15) is 0 Å². The molecule has 0 spiro atoms. The lowest BCUT2D eigenvalue weighted by atomic mass is 10.3. The van der Waals surface area contributed by atoms with Crippen molar-refractivity contribution in [1.82, 2.24) is 0 Å². The molecule has 2 aromatic carbocycles. The average molecular weight is 234 g/mol. The summed E-state index contributed by atoms with van der Waals surface area (Å²) in [7, 11) is 1.84. The first-order chi connectivity index (χ1) is 7.79. The van der Waals surface area contributed by atoms with Gasteiger partial charge in [-0.25, -0.2) is 0 Å². The number of nitrogens with one attached hydrogen (secondary N) is 1. The SMILES string of the molecule is CNc1cc(Cl)ccc1Oc1ccccc1. The maximum Gasteiger partial charge on any atom is 0.150 e. The third kappa shape index (κ3) is 2.47. The summed E-state index contributed by atoms with van der Waals surface area (Å²) in [5.74, 6) is 1.57. The molecule has 0 amide bonds. The fourth-order valence-electron chi connectivity index (χ4n) is 1.40. The first kappa shape index (κ1) is 10.8. The van der Waals surface area contributed by atoms with Gasteiger partial charge in [-0.1, -0.05) is 29.8 Å². The predicted molar refractivity (Wildman–Crippen MR) is 67.5 cm³/mol. The summed E-state index contributed by atoms with van der Waals surface area (Å²) in [6.45, 7) is 0. The quantitative estimate of drug-likeness (QED) is 0.859. The van der Waals surface area contributed by atoms with E-state index in [9.17, 15) is 0 Å². The number of rotatable bonds is 3. The molecule has 1 N–H and O–H groups in total. The van der Waals surface area contributed by atoms with E-state index in [0.717, 1.165) is 17.2 Å². The molecular formula is C13H12ClNO. The maximum atomic E-state index is 5.90. The van der Waals surface area contributed by atoms with Crippen LogP contribution in [0.2, 0.25) is 5.02 Å². The third-order valence-electron chi connectivity index (χ3n) is 2.18. The van der Waals surface area contributed by atoms with Gasteiger partial charge in [0.1, 0.15) is 5.75 Å². The molecule has 0 aliphatic heterocycles. The Kier molecular flexibility index (Phi) is 3.32. The molecule has 0 aromatic heterocycles. The number of anilines is 1. The lowest BCUT2D eigenvalue weighted by Gasteiger charge is -2.10. The van der Waals surface area contributed by atoms with Gasteiger partial charge in [-0.05, 0) is 30.3 Å². The van der Waals surface area contributed by atoms with Crippen molar-refractivity contribution in [3.63, 3.8) is 0 Å². The molecule has 82 valence electrons. The van der Waals surface area contributed by atoms with Crippen molar-refractivity contribution < 1.29 is 4.74 Å². The first-order valence-corrected chi connectivity index (χ1v) is 5.37. The molecule has 0 bridgehead atoms. The van der Waals surface area contributed by atoms with E-state index < -0.39 is 0 Å². The molecule has 2 rings (SSSR count). The van der Waals surface area contributed by atoms with E-state index in [2.05, 4.69) is 5.32 Å². The molecule has 0 radical (unpaired) electrons. The second kappa shape index (κ2) is 4.90. The summed E-state index contributed by atoms with van der Waals surface area (Å²) in [6, 6.07) is 15.1. The fourth-order valence-corrected chi connectivity index (χ4v) is 1.57. The molecule has 3 heteroatoms. The number of hydrogen-bond donors (Lipinski definition) is 1. The topological polar surface area (TPSA) is 21.3 Å². The Morgan fingerprint density at radius 3 is 2.50 bits per heavy atom. The number of ether oxygens (including phenoxy) is 1. The van der Waals surface area contributed by atoms with E-state index in [1.807, 2.05) is 49.5 Å². The molecule has 0 fully saturated rings. The first-order valence-electron chi connectivity index (χ1n) is 5.00. The van der Waals surface area contributed by atoms with Crippen molar-refractivity contribution in [3.05, 3.63) is 53.6 Å². The van der Waals surface area contributed by atoms with E-state index in [1.165, 1.54) is 0 Å². The highest BCUT2D eigenvalue weighted by Gasteiger charge is 2.03. The van der Waals surface area contributed by atoms with Crippen LogP contribution in [0.25, 0.3) is 0 Å². The molecular weight excluding hydrogens is 222 g/mol. The van der Waals surface area contributed by atoms with E-state index in [-0.39, 0.29) is 0 Å². The van der Waals surface area contributed by atoms with Gasteiger partial charge in [-0.15, -0.1) is 0 Å². The molecule has 0 heterocycles. The van der Waals surface area contributed by atoms with Crippen molar-refractivity contribution in [2.75, 3.05) is 12.4 Å². The van der Waals surface area contributed by atoms with Gasteiger partial charge in [0.15, 0.2) is 5.75 Å². The minimum absolute atomic E-state index is 0.685. The Labute approximate surface area is 99.8 Å². The van der Waals surface area contributed by atoms with Crippen molar-refractivity contribution in [1.29, 1.82) is 0 Å². The molecule has 0 saturated heterocycles. The Bertz CT molecular complexity index is 471. The van der Waals surface area contributed by atoms with Gasteiger partial charge >= 0.3 is 0 Å². The van der Waals surface area contributed by atoms with Crippen LogP contribution >= 0.6 is 11.6 Å². The maximum absolute atomic E-state index is 5.90. The molecule has 0 aliphatic rings. The van der Waals surface area contributed by atoms with Crippen LogP contribution in [-0.2, 0) is 0 Å². The van der Waals surface area contributed by atoms with Crippen LogP contribution in [0.4, 0.5) is 5.69 Å². The standard InChI is InChI=1S/C13H12ClNO/c1-15-12-9-10(14)7-8-13(12)16-11-5-3-2-4-6-11/h2-9,15H,1H3. The smallest absolute Gasteiger partial charge is 0.150 e. The summed E-state index contributed by atoms with van der Waals surface area (Å²) in [5, 5.41) is 3.73. The van der Waals surface area contributed by atoms with Crippen LogP contribution in [0.3, 0.4) is 0 Å². The molecule has 0 unspecified atom stereocenters. The molecule has 16 heavy (non-hydrogen) atoms. The summed E-state index contributed by atoms with van der Waals surface area (Å²) >= 11 is 5.90. The Balaban J connectivity index is 2.28. The molecule has 0 saturated carbocycles. The van der Waals surface area contributed by atoms with E-state index in [0.29, 0.717) is 5.02 Å². The number of hydrogen-bond acceptors (Lipinski definition) is 2. The van der Waals surface area contributed by atoms with E-state index >= 15 is 0 Å². The van der Waals surface area contributed by atoms with Gasteiger partial charge < -0.3 is 10.1 Å². The average Bonchev–Trinajstić information content (AvgIpc) is 2.33. The van der Waals surface area contributed by atoms with Gasteiger partial charge in [0, 0.05) is 12.1 Å². The Morgan fingerprint density at radius 2 is 1.81 bits per heavy atom. The molecule has 0 atom stereocenters. The number of para-hydroxylation sites is 1. The van der Waals surface area contributed by atoms with Crippen LogP contribution < -0.4 is 10.1 Å². The van der Waals surface area contributed by atoms with Gasteiger partial charge in [0.25, 0.3) is 0 Å². The van der Waals surface area contributed by atoms with E-state index in [4.69, 9.17) is 16.3 Å². The van der Waals surface area contributed by atoms with E-state index in [1.54, 1.807) is 6.07 Å². The summed E-state index contributed by atoms with van der Waals surface area (Å²) in [4.78, 5) is 0. The number of halogens is 1. The third-order valence-corrected chi connectivity index (χ3v) is 2.42. The zero-order valence-electron chi connectivity index (χ0n) is 8.91. The van der Waals surface area contributed by atoms with Gasteiger partial charge in [0.2, 0.25) is 0 Å². The van der Waals surface area contributed by atoms with Crippen LogP contribution in [0, 0.1) is 0 Å². The minimum Gasteiger partial charge on any atom is -0.455 e. The van der Waals surface area contributed by atoms with Crippen molar-refractivity contribution >= 4 is 17.3 Å². The van der Waals surface area contributed by atoms with Crippen LogP contribution in [0.15, 0.2) is 48.5 Å². The summed E-state index contributed by atoms with van der Waals surface area (Å²) in [5.41, 5.74) is 0.872. The monoisotopic (exact) mass is 233 g/mol. The lowest BCUT2D eigenvalue weighted by molar-refractivity contribution is 0.484. The highest BCUT2D eigenvalue weighted by molar-refractivity contribution is 6.30. The largest absolute Gasteiger partial charge is 0.455 e. The van der Waals surface area contributed by atoms with Gasteiger partial charge in [0.05, 0.1) is 5.69 Å². The minimum atomic E-state index is 0.685. The van der Waals surface area contributed by atoms with Crippen molar-refractivity contribution in [2.45, 2.75) is 0 Å². The zero-order chi connectivity index (χ0) is 11.4. The van der Waals surface area contributed by atoms with Crippen molar-refractivity contribution in [3.8, 4) is 11.5 Å². The van der Waals surface area contributed by atoms with Crippen LogP contribution in [-0.4, -0.2) is 7.05 Å². The Morgan fingerprint density at radius 1 is 1.06 bits per heavy atom. The fraction of sp³-hybridized carbons (Fsp3) is 0.0769. The number of benzene rings is 2. The highest BCUT2D eigenvalue weighted by atomic mass is 35.5. The Hall–Kier alpha value is -1.67. The second-order valence-corrected chi connectivity index (χ2v) is 3.74. The highest BCUT2D eigenvalue weighted by Crippen LogP contribution is 2.31. The van der Waals surface area contributed by atoms with Gasteiger partial charge in [-0.3, -0.25) is 0 Å². The second-order valence-electron chi connectivity index (χ2n) is 3.31. The lowest BCUT2D eigenvalue weighted by Crippen LogP contribution is -1.93. The zero-order valence-corrected chi connectivity index (χ0v) is 9.66. The predicted octanol–water partition coefficient (Wildman–Crippen LogP) is 4.17. The molecule has 2 nitrogen and oxygen atoms in total. The molecule has 0 aliphatic carbocycles. The molecule has 2 aromatic rings. The van der Waals surface area contributed by atoms with Crippen molar-refractivity contribution in [2.24, 2.45) is 0 Å². The summed E-state index contributed by atoms with van der Waals surface area (Å²) < 4.78 is 5.73. The summed E-state index contributed by atoms with van der Waals surface area (Å²) in [6.07, 6.45) is 0. The normalized spacial score (nSPS) is 9.88.